The quantitative estimate of drug-likeness (QED) is 0.608. The minimum Gasteiger partial charge on any atom is -0.388 e. The molecule has 37 heavy (non-hydrogen) atoms. The zero-order chi connectivity index (χ0) is 25.8. The summed E-state index contributed by atoms with van der Waals surface area (Å²) in [6, 6.07) is 12.1. The van der Waals surface area contributed by atoms with Crippen LogP contribution in [0.15, 0.2) is 47.5 Å². The molecule has 3 aliphatic heterocycles. The van der Waals surface area contributed by atoms with Crippen LogP contribution in [0.4, 0.5) is 5.82 Å². The number of aromatic nitrogens is 2. The van der Waals surface area contributed by atoms with Crippen LogP contribution in [0.2, 0.25) is 0 Å². The van der Waals surface area contributed by atoms with Crippen molar-refractivity contribution in [1.82, 2.24) is 19.4 Å². The number of benzene rings is 1. The minimum absolute atomic E-state index is 0.114. The molecule has 1 aromatic carbocycles. The molecular formula is C28H39N5O4. The second-order valence-electron chi connectivity index (χ2n) is 10.9. The van der Waals surface area contributed by atoms with Gasteiger partial charge in [-0.3, -0.25) is 19.1 Å². The molecule has 0 bridgehead atoms. The van der Waals surface area contributed by atoms with Crippen LogP contribution < -0.4 is 10.5 Å². The van der Waals surface area contributed by atoms with E-state index < -0.39 is 5.60 Å². The summed E-state index contributed by atoms with van der Waals surface area (Å²) in [5.41, 5.74) is -0.0159. The molecule has 2 unspecified atom stereocenters. The summed E-state index contributed by atoms with van der Waals surface area (Å²) in [6.07, 6.45) is 3.97. The van der Waals surface area contributed by atoms with Gasteiger partial charge in [-0.15, -0.1) is 0 Å². The Kier molecular flexibility index (Phi) is 7.92. The number of rotatable bonds is 7. The van der Waals surface area contributed by atoms with Gasteiger partial charge in [-0.05, 0) is 30.7 Å². The van der Waals surface area contributed by atoms with Crippen LogP contribution in [0, 0.1) is 0 Å². The van der Waals surface area contributed by atoms with E-state index in [9.17, 15) is 14.7 Å². The van der Waals surface area contributed by atoms with Gasteiger partial charge in [0.1, 0.15) is 5.82 Å². The lowest BCUT2D eigenvalue weighted by molar-refractivity contribution is -0.136. The molecule has 2 aromatic rings. The molecule has 200 valence electrons. The van der Waals surface area contributed by atoms with E-state index in [1.165, 1.54) is 4.57 Å². The Morgan fingerprint density at radius 2 is 1.86 bits per heavy atom. The molecule has 9 nitrogen and oxygen atoms in total. The molecule has 0 saturated carbocycles. The van der Waals surface area contributed by atoms with Gasteiger partial charge in [0.15, 0.2) is 0 Å². The molecule has 0 spiro atoms. The predicted molar refractivity (Wildman–Crippen MR) is 142 cm³/mol. The molecule has 9 heteroatoms. The number of likely N-dealkylation sites (tertiary alicyclic amines) is 1. The normalized spacial score (nSPS) is 23.2. The number of piperidine rings is 1. The van der Waals surface area contributed by atoms with Crippen molar-refractivity contribution in [2.24, 2.45) is 0 Å². The first-order chi connectivity index (χ1) is 17.9. The SMILES string of the molecule is CC(CC(=O)N1CCC(O)(Cn2cnc(N3CCC(N4CCOCC4)C3)cc2=O)CC1)c1ccccc1. The van der Waals surface area contributed by atoms with Gasteiger partial charge in [0.2, 0.25) is 5.91 Å². The van der Waals surface area contributed by atoms with Crippen molar-refractivity contribution in [2.75, 3.05) is 57.4 Å². The van der Waals surface area contributed by atoms with Crippen molar-refractivity contribution in [2.45, 2.75) is 56.7 Å². The molecule has 3 aliphatic rings. The maximum Gasteiger partial charge on any atom is 0.255 e. The Balaban J connectivity index is 1.13. The lowest BCUT2D eigenvalue weighted by Gasteiger charge is -2.38. The van der Waals surface area contributed by atoms with E-state index in [1.54, 1.807) is 12.4 Å². The van der Waals surface area contributed by atoms with E-state index in [-0.39, 0.29) is 23.9 Å². The number of morpholine rings is 1. The molecule has 2 atom stereocenters. The van der Waals surface area contributed by atoms with Crippen molar-refractivity contribution in [3.05, 3.63) is 58.6 Å². The van der Waals surface area contributed by atoms with E-state index in [0.29, 0.717) is 44.2 Å². The van der Waals surface area contributed by atoms with Crippen molar-refractivity contribution < 1.29 is 14.6 Å². The number of nitrogens with zero attached hydrogens (tertiary/aromatic N) is 5. The molecule has 0 aliphatic carbocycles. The summed E-state index contributed by atoms with van der Waals surface area (Å²) in [5.74, 6) is 0.969. The monoisotopic (exact) mass is 509 g/mol. The molecule has 1 N–H and O–H groups in total. The van der Waals surface area contributed by atoms with E-state index in [4.69, 9.17) is 4.74 Å². The third-order valence-electron chi connectivity index (χ3n) is 8.28. The zero-order valence-electron chi connectivity index (χ0n) is 21.8. The van der Waals surface area contributed by atoms with Gasteiger partial charge in [-0.1, -0.05) is 37.3 Å². The molecular weight excluding hydrogens is 470 g/mol. The third kappa shape index (κ3) is 6.22. The highest BCUT2D eigenvalue weighted by molar-refractivity contribution is 5.77. The molecule has 3 saturated heterocycles. The number of amides is 1. The van der Waals surface area contributed by atoms with Gasteiger partial charge in [-0.25, -0.2) is 4.98 Å². The first-order valence-corrected chi connectivity index (χ1v) is 13.6. The average Bonchev–Trinajstić information content (AvgIpc) is 3.42. The highest BCUT2D eigenvalue weighted by Gasteiger charge is 2.35. The van der Waals surface area contributed by atoms with Crippen LogP contribution in [0.1, 0.15) is 44.1 Å². The van der Waals surface area contributed by atoms with Gasteiger partial charge in [0, 0.05) is 57.8 Å². The second-order valence-corrected chi connectivity index (χ2v) is 10.9. The number of aliphatic hydroxyl groups is 1. The molecule has 1 amide bonds. The standard InChI is InChI=1S/C28H39N5O4/c1-22(23-5-3-2-4-6-23)17-26(34)31-11-8-28(36,9-12-31)20-33-21-29-25(18-27(33)35)32-10-7-24(19-32)30-13-15-37-16-14-30/h2-6,18,21-22,24,36H,7-17,19-20H2,1H3. The van der Waals surface area contributed by atoms with Gasteiger partial charge in [0.05, 0.1) is 31.7 Å². The van der Waals surface area contributed by atoms with Crippen LogP contribution in [-0.4, -0.2) is 94.5 Å². The first kappa shape index (κ1) is 25.9. The summed E-state index contributed by atoms with van der Waals surface area (Å²) in [4.78, 5) is 36.8. The van der Waals surface area contributed by atoms with Gasteiger partial charge < -0.3 is 19.6 Å². The fraction of sp³-hybridized carbons (Fsp3) is 0.607. The maximum absolute atomic E-state index is 12.9. The predicted octanol–water partition coefficient (Wildman–Crippen LogP) is 1.70. The van der Waals surface area contributed by atoms with Crippen molar-refractivity contribution in [3.63, 3.8) is 0 Å². The van der Waals surface area contributed by atoms with Crippen LogP contribution in [0.25, 0.3) is 0 Å². The number of anilines is 1. The summed E-state index contributed by atoms with van der Waals surface area (Å²) in [6.45, 7) is 8.49. The van der Waals surface area contributed by atoms with Crippen LogP contribution >= 0.6 is 0 Å². The first-order valence-electron chi connectivity index (χ1n) is 13.6. The lowest BCUT2D eigenvalue weighted by atomic mass is 9.90. The Hall–Kier alpha value is -2.75. The number of carbonyl (C=O) groups excluding carboxylic acids is 1. The number of carbonyl (C=O) groups is 1. The smallest absolute Gasteiger partial charge is 0.255 e. The zero-order valence-corrected chi connectivity index (χ0v) is 21.8. The number of hydrogen-bond donors (Lipinski definition) is 1. The highest BCUT2D eigenvalue weighted by Crippen LogP contribution is 2.27. The van der Waals surface area contributed by atoms with Crippen molar-refractivity contribution in [3.8, 4) is 0 Å². The molecule has 1 aromatic heterocycles. The molecule has 3 fully saturated rings. The largest absolute Gasteiger partial charge is 0.388 e. The van der Waals surface area contributed by atoms with E-state index in [0.717, 1.165) is 51.4 Å². The molecule has 4 heterocycles. The van der Waals surface area contributed by atoms with E-state index in [1.807, 2.05) is 23.1 Å². The fourth-order valence-corrected chi connectivity index (χ4v) is 5.84. The van der Waals surface area contributed by atoms with Crippen LogP contribution in [-0.2, 0) is 16.1 Å². The molecule has 0 radical (unpaired) electrons. The van der Waals surface area contributed by atoms with E-state index >= 15 is 0 Å². The third-order valence-corrected chi connectivity index (χ3v) is 8.28. The average molecular weight is 510 g/mol. The van der Waals surface area contributed by atoms with Crippen molar-refractivity contribution in [1.29, 1.82) is 0 Å². The Labute approximate surface area is 218 Å². The summed E-state index contributed by atoms with van der Waals surface area (Å²) >= 11 is 0. The maximum atomic E-state index is 12.9. The number of hydrogen-bond acceptors (Lipinski definition) is 7. The summed E-state index contributed by atoms with van der Waals surface area (Å²) in [7, 11) is 0. The number of ether oxygens (including phenoxy) is 1. The highest BCUT2D eigenvalue weighted by atomic mass is 16.5. The van der Waals surface area contributed by atoms with Gasteiger partial charge >= 0.3 is 0 Å². The summed E-state index contributed by atoms with van der Waals surface area (Å²) < 4.78 is 6.98. The van der Waals surface area contributed by atoms with Gasteiger partial charge in [-0.2, -0.15) is 0 Å². The van der Waals surface area contributed by atoms with Crippen LogP contribution in [0.3, 0.4) is 0 Å². The Bertz CT molecular complexity index is 1110. The lowest BCUT2D eigenvalue weighted by Crippen LogP contribution is -2.49. The minimum atomic E-state index is -1.02. The van der Waals surface area contributed by atoms with Crippen molar-refractivity contribution >= 4 is 11.7 Å². The summed E-state index contributed by atoms with van der Waals surface area (Å²) in [5, 5.41) is 11.2. The topological polar surface area (TPSA) is 91.1 Å². The van der Waals surface area contributed by atoms with Gasteiger partial charge in [0.25, 0.3) is 5.56 Å². The van der Waals surface area contributed by atoms with E-state index in [2.05, 4.69) is 33.8 Å². The second kappa shape index (κ2) is 11.3. The fourth-order valence-electron chi connectivity index (χ4n) is 5.84. The molecule has 5 rings (SSSR count). The van der Waals surface area contributed by atoms with Crippen LogP contribution in [0.5, 0.6) is 0 Å². The Morgan fingerprint density at radius 3 is 2.57 bits per heavy atom. The Morgan fingerprint density at radius 1 is 1.14 bits per heavy atom.